The van der Waals surface area contributed by atoms with Gasteiger partial charge in [0.05, 0.1) is 31.4 Å². The van der Waals surface area contributed by atoms with Gasteiger partial charge in [-0.15, -0.1) is 0 Å². The van der Waals surface area contributed by atoms with Crippen LogP contribution in [-0.2, 0) is 20.4 Å². The van der Waals surface area contributed by atoms with E-state index >= 15 is 0 Å². The molecule has 1 aromatic rings. The zero-order valence-electron chi connectivity index (χ0n) is 18.1. The van der Waals surface area contributed by atoms with Crippen molar-refractivity contribution in [1.82, 2.24) is 15.5 Å². The second-order valence-electron chi connectivity index (χ2n) is 7.83. The minimum absolute atomic E-state index is 0.114. The van der Waals surface area contributed by atoms with Crippen LogP contribution < -0.4 is 10.6 Å². The van der Waals surface area contributed by atoms with Crippen molar-refractivity contribution in [3.63, 3.8) is 0 Å². The Morgan fingerprint density at radius 1 is 1.12 bits per heavy atom. The molecule has 0 atom stereocenters. The normalized spacial score (nSPS) is 15.7. The number of piperidine rings is 1. The Morgan fingerprint density at radius 3 is 2.31 bits per heavy atom. The lowest BCUT2D eigenvalue weighted by molar-refractivity contribution is -0.137. The molecule has 2 rings (SSSR count). The van der Waals surface area contributed by atoms with Crippen molar-refractivity contribution in [2.24, 2.45) is 5.92 Å². The van der Waals surface area contributed by atoms with E-state index in [9.17, 15) is 27.2 Å². The average molecular weight is 463 g/mol. The van der Waals surface area contributed by atoms with E-state index in [0.29, 0.717) is 51.3 Å². The number of amides is 2. The van der Waals surface area contributed by atoms with Crippen LogP contribution in [0.4, 0.5) is 17.6 Å². The first-order valence-corrected chi connectivity index (χ1v) is 10.3. The Kier molecular flexibility index (Phi) is 9.85. The van der Waals surface area contributed by atoms with Crippen LogP contribution in [0, 0.1) is 11.7 Å². The highest BCUT2D eigenvalue weighted by Gasteiger charge is 2.32. The summed E-state index contributed by atoms with van der Waals surface area (Å²) in [4.78, 5) is 26.4. The van der Waals surface area contributed by atoms with Crippen molar-refractivity contribution in [1.29, 1.82) is 0 Å². The number of methoxy groups -OCH3 is 2. The van der Waals surface area contributed by atoms with Crippen molar-refractivity contribution in [3.05, 3.63) is 35.1 Å². The van der Waals surface area contributed by atoms with Gasteiger partial charge in [0.25, 0.3) is 5.91 Å². The summed E-state index contributed by atoms with van der Waals surface area (Å²) >= 11 is 0. The van der Waals surface area contributed by atoms with Crippen molar-refractivity contribution in [3.8, 4) is 0 Å². The molecule has 180 valence electrons. The van der Waals surface area contributed by atoms with Gasteiger partial charge in [-0.25, -0.2) is 4.39 Å². The summed E-state index contributed by atoms with van der Waals surface area (Å²) < 4.78 is 62.0. The molecule has 1 heterocycles. The highest BCUT2D eigenvalue weighted by molar-refractivity contribution is 5.94. The Bertz CT molecular complexity index is 762. The summed E-state index contributed by atoms with van der Waals surface area (Å²) in [6, 6.07) is 1.55. The Hall–Kier alpha value is -2.24. The highest BCUT2D eigenvalue weighted by Crippen LogP contribution is 2.30. The van der Waals surface area contributed by atoms with E-state index in [1.807, 2.05) is 4.90 Å². The van der Waals surface area contributed by atoms with Gasteiger partial charge in [0, 0.05) is 26.3 Å². The lowest BCUT2D eigenvalue weighted by Crippen LogP contribution is -2.48. The summed E-state index contributed by atoms with van der Waals surface area (Å²) in [5.41, 5.74) is -1.57. The number of benzene rings is 1. The van der Waals surface area contributed by atoms with Crippen LogP contribution in [0.3, 0.4) is 0 Å². The first-order chi connectivity index (χ1) is 15.1. The van der Waals surface area contributed by atoms with Gasteiger partial charge < -0.3 is 20.1 Å². The maximum absolute atomic E-state index is 13.5. The van der Waals surface area contributed by atoms with Crippen LogP contribution in [0.2, 0.25) is 0 Å². The van der Waals surface area contributed by atoms with Crippen molar-refractivity contribution in [2.45, 2.75) is 25.1 Å². The first-order valence-electron chi connectivity index (χ1n) is 10.3. The molecule has 1 saturated heterocycles. The topological polar surface area (TPSA) is 79.9 Å². The molecule has 0 unspecified atom stereocenters. The maximum Gasteiger partial charge on any atom is 0.416 e. The van der Waals surface area contributed by atoms with E-state index < -0.39 is 23.5 Å². The number of likely N-dealkylation sites (tertiary alicyclic amines) is 1. The van der Waals surface area contributed by atoms with Crippen LogP contribution in [0.1, 0.15) is 28.8 Å². The molecule has 2 amide bonds. The second kappa shape index (κ2) is 12.1. The molecule has 32 heavy (non-hydrogen) atoms. The molecule has 0 radical (unpaired) electrons. The third kappa shape index (κ3) is 8.36. The summed E-state index contributed by atoms with van der Waals surface area (Å²) in [6.07, 6.45) is -3.31. The lowest BCUT2D eigenvalue weighted by atomic mass is 9.96. The maximum atomic E-state index is 13.5. The molecule has 1 aliphatic heterocycles. The van der Waals surface area contributed by atoms with Crippen LogP contribution in [0.15, 0.2) is 18.2 Å². The van der Waals surface area contributed by atoms with E-state index in [-0.39, 0.29) is 36.5 Å². The number of hydrogen-bond donors (Lipinski definition) is 2. The Balaban J connectivity index is 1.77. The van der Waals surface area contributed by atoms with Crippen LogP contribution >= 0.6 is 0 Å². The molecule has 0 bridgehead atoms. The fourth-order valence-corrected chi connectivity index (χ4v) is 3.58. The van der Waals surface area contributed by atoms with Gasteiger partial charge >= 0.3 is 6.18 Å². The second-order valence-corrected chi connectivity index (χ2v) is 7.83. The predicted octanol–water partition coefficient (Wildman–Crippen LogP) is 2.06. The minimum Gasteiger partial charge on any atom is -0.382 e. The summed E-state index contributed by atoms with van der Waals surface area (Å²) in [6.45, 7) is 2.47. The van der Waals surface area contributed by atoms with Gasteiger partial charge in [0.2, 0.25) is 5.91 Å². The van der Waals surface area contributed by atoms with Crippen LogP contribution in [0.25, 0.3) is 0 Å². The Morgan fingerprint density at radius 2 is 1.75 bits per heavy atom. The zero-order chi connectivity index (χ0) is 23.7. The predicted molar refractivity (Wildman–Crippen MR) is 109 cm³/mol. The zero-order valence-corrected chi connectivity index (χ0v) is 18.1. The molecule has 1 aliphatic rings. The molecule has 1 fully saturated rings. The minimum atomic E-state index is -4.73. The van der Waals surface area contributed by atoms with E-state index in [1.165, 1.54) is 0 Å². The molecule has 0 saturated carbocycles. The summed E-state index contributed by atoms with van der Waals surface area (Å²) in [5, 5.41) is 5.44. The first kappa shape index (κ1) is 26.0. The summed E-state index contributed by atoms with van der Waals surface area (Å²) in [7, 11) is 3.09. The molecule has 2 N–H and O–H groups in total. The molecular weight excluding hydrogens is 434 g/mol. The van der Waals surface area contributed by atoms with Crippen molar-refractivity contribution in [2.75, 3.05) is 53.6 Å². The van der Waals surface area contributed by atoms with E-state index in [0.717, 1.165) is 6.07 Å². The largest absolute Gasteiger partial charge is 0.416 e. The number of hydrogen-bond acceptors (Lipinski definition) is 5. The summed E-state index contributed by atoms with van der Waals surface area (Å²) in [5.74, 6) is -1.89. The Labute approximate surface area is 184 Å². The number of nitrogens with zero attached hydrogens (tertiary/aromatic N) is 1. The van der Waals surface area contributed by atoms with E-state index in [4.69, 9.17) is 9.47 Å². The average Bonchev–Trinajstić information content (AvgIpc) is 2.72. The molecule has 1 aromatic carbocycles. The van der Waals surface area contributed by atoms with Crippen molar-refractivity contribution >= 4 is 11.8 Å². The standard InChI is InChI=1S/C21H29F4N3O4/c1-31-12-18(13-32-2)27-19(29)11-28-5-3-14(4-6-28)10-26-20(30)15-7-16(21(23,24)25)9-17(22)8-15/h7-9,14,18H,3-6,10-13H2,1-2H3,(H,26,30)(H,27,29). The fraction of sp³-hybridized carbons (Fsp3) is 0.619. The van der Waals surface area contributed by atoms with E-state index in [2.05, 4.69) is 10.6 Å². The number of ether oxygens (including phenoxy) is 2. The van der Waals surface area contributed by atoms with E-state index in [1.54, 1.807) is 14.2 Å². The van der Waals surface area contributed by atoms with Gasteiger partial charge in [-0.3, -0.25) is 14.5 Å². The van der Waals surface area contributed by atoms with Crippen molar-refractivity contribution < 1.29 is 36.6 Å². The monoisotopic (exact) mass is 463 g/mol. The van der Waals surface area contributed by atoms with Gasteiger partial charge in [-0.1, -0.05) is 0 Å². The molecule has 0 spiro atoms. The molecular formula is C21H29F4N3O4. The van der Waals surface area contributed by atoms with Crippen LogP contribution in [0.5, 0.6) is 0 Å². The van der Waals surface area contributed by atoms with Gasteiger partial charge in [0.1, 0.15) is 5.82 Å². The number of carbonyl (C=O) groups is 2. The highest BCUT2D eigenvalue weighted by atomic mass is 19.4. The number of nitrogens with one attached hydrogen (secondary N) is 2. The quantitative estimate of drug-likeness (QED) is 0.520. The van der Waals surface area contributed by atoms with Gasteiger partial charge in [0.15, 0.2) is 0 Å². The fourth-order valence-electron chi connectivity index (χ4n) is 3.58. The smallest absolute Gasteiger partial charge is 0.382 e. The third-order valence-electron chi connectivity index (χ3n) is 5.21. The lowest BCUT2D eigenvalue weighted by Gasteiger charge is -2.32. The number of carbonyl (C=O) groups excluding carboxylic acids is 2. The third-order valence-corrected chi connectivity index (χ3v) is 5.21. The number of halogens is 4. The van der Waals surface area contributed by atoms with Gasteiger partial charge in [-0.2, -0.15) is 13.2 Å². The van der Waals surface area contributed by atoms with Gasteiger partial charge in [-0.05, 0) is 50.0 Å². The molecule has 0 aromatic heterocycles. The molecule has 0 aliphatic carbocycles. The number of alkyl halides is 3. The van der Waals surface area contributed by atoms with Crippen LogP contribution in [-0.4, -0.2) is 76.4 Å². The molecule has 7 nitrogen and oxygen atoms in total. The SMILES string of the molecule is COCC(COC)NC(=O)CN1CCC(CNC(=O)c2cc(F)cc(C(F)(F)F)c2)CC1. The molecule has 11 heteroatoms. The number of rotatable bonds is 10.